The molecule has 1 unspecified atom stereocenters. The predicted molar refractivity (Wildman–Crippen MR) is 94.5 cm³/mol. The number of nitrogens with zero attached hydrogens (tertiary/aromatic N) is 2. The number of aliphatic carboxylic acids is 1. The summed E-state index contributed by atoms with van der Waals surface area (Å²) in [6, 6.07) is 9.02. The highest BCUT2D eigenvalue weighted by molar-refractivity contribution is 6.30. The van der Waals surface area contributed by atoms with E-state index in [-0.39, 0.29) is 18.2 Å². The second-order valence-electron chi connectivity index (χ2n) is 6.37. The molecular formula is C18H20ClN3O3. The van der Waals surface area contributed by atoms with Crippen LogP contribution in [-0.4, -0.2) is 45.2 Å². The second-order valence-corrected chi connectivity index (χ2v) is 6.80. The average Bonchev–Trinajstić information content (AvgIpc) is 3.10. The minimum absolute atomic E-state index is 0.0901. The van der Waals surface area contributed by atoms with Crippen molar-refractivity contribution in [3.05, 3.63) is 41.0 Å². The fourth-order valence-electron chi connectivity index (χ4n) is 3.18. The number of hydrogen-bond acceptors (Lipinski definition) is 3. The lowest BCUT2D eigenvalue weighted by Crippen LogP contribution is -2.40. The van der Waals surface area contributed by atoms with Crippen LogP contribution in [0.4, 0.5) is 0 Å². The van der Waals surface area contributed by atoms with Gasteiger partial charge in [0.15, 0.2) is 0 Å². The number of carbonyl (C=O) groups excluding carboxylic acids is 1. The number of halogens is 1. The number of aromatic nitrogens is 2. The van der Waals surface area contributed by atoms with Crippen molar-refractivity contribution in [2.45, 2.75) is 25.7 Å². The standard InChI is InChI=1S/C18H20ClN3O3/c19-14-6-4-13(5-7-14)15-10-16(21-20-15)18(25)22-9-1-2-12(11-22)3-8-17(23)24/h4-7,10,12H,1-3,8-9,11H2,(H,20,21)(H,23,24). The molecule has 1 aliphatic heterocycles. The van der Waals surface area contributed by atoms with Gasteiger partial charge in [-0.1, -0.05) is 23.7 Å². The van der Waals surface area contributed by atoms with E-state index in [2.05, 4.69) is 10.2 Å². The first kappa shape index (κ1) is 17.5. The van der Waals surface area contributed by atoms with Crippen molar-refractivity contribution in [2.75, 3.05) is 13.1 Å². The van der Waals surface area contributed by atoms with Crippen molar-refractivity contribution in [1.82, 2.24) is 15.1 Å². The minimum Gasteiger partial charge on any atom is -0.481 e. The SMILES string of the molecule is O=C(O)CCC1CCCN(C(=O)c2cc(-c3ccc(Cl)cc3)n[nH]2)C1. The van der Waals surface area contributed by atoms with Gasteiger partial charge in [-0.25, -0.2) is 0 Å². The van der Waals surface area contributed by atoms with Crippen molar-refractivity contribution in [3.63, 3.8) is 0 Å². The first-order valence-electron chi connectivity index (χ1n) is 8.35. The number of aromatic amines is 1. The third kappa shape index (κ3) is 4.39. The van der Waals surface area contributed by atoms with E-state index in [1.54, 1.807) is 23.1 Å². The van der Waals surface area contributed by atoms with E-state index >= 15 is 0 Å². The summed E-state index contributed by atoms with van der Waals surface area (Å²) in [5.41, 5.74) is 2.03. The van der Waals surface area contributed by atoms with Gasteiger partial charge >= 0.3 is 5.97 Å². The van der Waals surface area contributed by atoms with Crippen LogP contribution in [0.5, 0.6) is 0 Å². The van der Waals surface area contributed by atoms with Gasteiger partial charge in [0.1, 0.15) is 5.69 Å². The van der Waals surface area contributed by atoms with E-state index in [0.717, 1.165) is 18.4 Å². The summed E-state index contributed by atoms with van der Waals surface area (Å²) in [5, 5.41) is 16.5. The Hall–Kier alpha value is -2.34. The molecule has 0 bridgehead atoms. The van der Waals surface area contributed by atoms with Crippen molar-refractivity contribution in [2.24, 2.45) is 5.92 Å². The number of rotatable bonds is 5. The number of amides is 1. The van der Waals surface area contributed by atoms with Crippen LogP contribution in [0.25, 0.3) is 11.3 Å². The van der Waals surface area contributed by atoms with Crippen LogP contribution in [0.3, 0.4) is 0 Å². The largest absolute Gasteiger partial charge is 0.481 e. The molecular weight excluding hydrogens is 342 g/mol. The number of carboxylic acid groups (broad SMARTS) is 1. The molecule has 2 aromatic rings. The van der Waals surface area contributed by atoms with Crippen molar-refractivity contribution < 1.29 is 14.7 Å². The van der Waals surface area contributed by atoms with Gasteiger partial charge in [0.25, 0.3) is 5.91 Å². The summed E-state index contributed by atoms with van der Waals surface area (Å²) in [6.07, 6.45) is 2.62. The minimum atomic E-state index is -0.787. The van der Waals surface area contributed by atoms with E-state index in [0.29, 0.717) is 35.9 Å². The molecule has 25 heavy (non-hydrogen) atoms. The van der Waals surface area contributed by atoms with Gasteiger partial charge in [-0.3, -0.25) is 14.7 Å². The number of carbonyl (C=O) groups is 2. The van der Waals surface area contributed by atoms with Crippen molar-refractivity contribution in [3.8, 4) is 11.3 Å². The first-order chi connectivity index (χ1) is 12.0. The normalized spacial score (nSPS) is 17.5. The molecule has 1 aliphatic rings. The molecule has 2 N–H and O–H groups in total. The average molecular weight is 362 g/mol. The molecule has 132 valence electrons. The summed E-state index contributed by atoms with van der Waals surface area (Å²) in [7, 11) is 0. The third-order valence-corrected chi connectivity index (χ3v) is 4.77. The Bertz CT molecular complexity index is 757. The molecule has 3 rings (SSSR count). The summed E-state index contributed by atoms with van der Waals surface area (Å²) in [4.78, 5) is 25.2. The monoisotopic (exact) mass is 361 g/mol. The number of H-pyrrole nitrogens is 1. The molecule has 1 aromatic carbocycles. The van der Waals surface area contributed by atoms with Crippen LogP contribution in [0, 0.1) is 5.92 Å². The van der Waals surface area contributed by atoms with Crippen LogP contribution < -0.4 is 0 Å². The first-order valence-corrected chi connectivity index (χ1v) is 8.73. The number of carboxylic acids is 1. The summed E-state index contributed by atoms with van der Waals surface area (Å²) in [6.45, 7) is 1.29. The van der Waals surface area contributed by atoms with E-state index in [1.807, 2.05) is 12.1 Å². The van der Waals surface area contributed by atoms with Crippen molar-refractivity contribution in [1.29, 1.82) is 0 Å². The maximum atomic E-state index is 12.7. The lowest BCUT2D eigenvalue weighted by Gasteiger charge is -2.32. The molecule has 0 saturated carbocycles. The lowest BCUT2D eigenvalue weighted by molar-refractivity contribution is -0.137. The molecule has 0 radical (unpaired) electrons. The summed E-state index contributed by atoms with van der Waals surface area (Å²) >= 11 is 5.89. The third-order valence-electron chi connectivity index (χ3n) is 4.52. The van der Waals surface area contributed by atoms with E-state index < -0.39 is 5.97 Å². The zero-order valence-electron chi connectivity index (χ0n) is 13.7. The zero-order valence-corrected chi connectivity index (χ0v) is 14.5. The van der Waals surface area contributed by atoms with Crippen molar-refractivity contribution >= 4 is 23.5 Å². The molecule has 2 heterocycles. The second kappa shape index (κ2) is 7.70. The van der Waals surface area contributed by atoms with Crippen LogP contribution in [0.1, 0.15) is 36.2 Å². The fraction of sp³-hybridized carbons (Fsp3) is 0.389. The topological polar surface area (TPSA) is 86.3 Å². The number of benzene rings is 1. The Kier molecular flexibility index (Phi) is 5.38. The lowest BCUT2D eigenvalue weighted by atomic mass is 9.93. The highest BCUT2D eigenvalue weighted by Crippen LogP contribution is 2.24. The Morgan fingerprint density at radius 1 is 1.32 bits per heavy atom. The maximum absolute atomic E-state index is 12.7. The molecule has 0 aliphatic carbocycles. The van der Waals surface area contributed by atoms with Crippen LogP contribution >= 0.6 is 11.6 Å². The van der Waals surface area contributed by atoms with Gasteiger partial charge < -0.3 is 10.0 Å². The number of likely N-dealkylation sites (tertiary alicyclic amines) is 1. The number of piperidine rings is 1. The van der Waals surface area contributed by atoms with Gasteiger partial charge in [0, 0.05) is 30.1 Å². The molecule has 7 heteroatoms. The Morgan fingerprint density at radius 2 is 2.08 bits per heavy atom. The fourth-order valence-corrected chi connectivity index (χ4v) is 3.31. The van der Waals surface area contributed by atoms with E-state index in [1.165, 1.54) is 0 Å². The highest BCUT2D eigenvalue weighted by Gasteiger charge is 2.26. The molecule has 0 spiro atoms. The molecule has 1 fully saturated rings. The quantitative estimate of drug-likeness (QED) is 0.854. The molecule has 1 atom stereocenters. The Morgan fingerprint density at radius 3 is 2.80 bits per heavy atom. The Labute approximate surface area is 150 Å². The number of hydrogen-bond donors (Lipinski definition) is 2. The highest BCUT2D eigenvalue weighted by atomic mass is 35.5. The summed E-state index contributed by atoms with van der Waals surface area (Å²) in [5.74, 6) is -0.634. The Balaban J connectivity index is 1.66. The molecule has 1 amide bonds. The van der Waals surface area contributed by atoms with Gasteiger partial charge in [-0.2, -0.15) is 5.10 Å². The molecule has 1 saturated heterocycles. The van der Waals surface area contributed by atoms with Gasteiger partial charge in [0.05, 0.1) is 5.69 Å². The van der Waals surface area contributed by atoms with Crippen LogP contribution in [0.2, 0.25) is 5.02 Å². The van der Waals surface area contributed by atoms with E-state index in [4.69, 9.17) is 16.7 Å². The maximum Gasteiger partial charge on any atom is 0.303 e. The number of nitrogens with one attached hydrogen (secondary N) is 1. The van der Waals surface area contributed by atoms with Gasteiger partial charge in [-0.05, 0) is 43.4 Å². The molecule has 1 aromatic heterocycles. The van der Waals surface area contributed by atoms with Crippen LogP contribution in [0.15, 0.2) is 30.3 Å². The van der Waals surface area contributed by atoms with Gasteiger partial charge in [0.2, 0.25) is 0 Å². The predicted octanol–water partition coefficient (Wildman–Crippen LogP) is 3.45. The van der Waals surface area contributed by atoms with Gasteiger partial charge in [-0.15, -0.1) is 0 Å². The van der Waals surface area contributed by atoms with E-state index in [9.17, 15) is 9.59 Å². The zero-order chi connectivity index (χ0) is 17.8. The smallest absolute Gasteiger partial charge is 0.303 e. The summed E-state index contributed by atoms with van der Waals surface area (Å²) < 4.78 is 0. The molecule has 6 nitrogen and oxygen atoms in total. The van der Waals surface area contributed by atoms with Crippen LogP contribution in [-0.2, 0) is 4.79 Å².